The van der Waals surface area contributed by atoms with Gasteiger partial charge in [0.1, 0.15) is 0 Å². The summed E-state index contributed by atoms with van der Waals surface area (Å²) in [5.41, 5.74) is 2.92. The summed E-state index contributed by atoms with van der Waals surface area (Å²) in [6.45, 7) is 0. The number of anilines is 1. The van der Waals surface area contributed by atoms with Gasteiger partial charge in [-0.3, -0.25) is 19.1 Å². The normalized spacial score (nSPS) is 18.1. The summed E-state index contributed by atoms with van der Waals surface area (Å²) in [7, 11) is 1.88. The SMILES string of the molecule is Cn1ncc2c1CCC[C@@H]2NC(=O)C(=O)Nc1cccc(C(=O)NC2CC2)c1. The molecule has 1 fully saturated rings. The molecule has 4 rings (SSSR count). The van der Waals surface area contributed by atoms with Gasteiger partial charge in [-0.05, 0) is 50.3 Å². The van der Waals surface area contributed by atoms with Crippen molar-refractivity contribution in [2.45, 2.75) is 44.2 Å². The topological polar surface area (TPSA) is 105 Å². The molecule has 0 spiro atoms. The number of hydrogen-bond acceptors (Lipinski definition) is 4. The van der Waals surface area contributed by atoms with E-state index in [2.05, 4.69) is 21.0 Å². The molecule has 0 unspecified atom stereocenters. The molecule has 3 amide bonds. The van der Waals surface area contributed by atoms with Crippen molar-refractivity contribution in [3.8, 4) is 0 Å². The van der Waals surface area contributed by atoms with Gasteiger partial charge in [0.2, 0.25) is 0 Å². The van der Waals surface area contributed by atoms with E-state index >= 15 is 0 Å². The van der Waals surface area contributed by atoms with Crippen molar-refractivity contribution in [2.75, 3.05) is 5.32 Å². The number of fused-ring (bicyclic) bond motifs is 1. The van der Waals surface area contributed by atoms with Crippen LogP contribution in [0, 0.1) is 0 Å². The van der Waals surface area contributed by atoms with E-state index < -0.39 is 11.8 Å². The lowest BCUT2D eigenvalue weighted by atomic mass is 9.93. The Morgan fingerprint density at radius 3 is 2.71 bits per heavy atom. The standard InChI is InChI=1S/C20H23N5O3/c1-25-17-7-3-6-16(15(17)11-21-25)24-20(28)19(27)23-14-5-2-4-12(10-14)18(26)22-13-8-9-13/h2,4-5,10-11,13,16H,3,6-9H2,1H3,(H,22,26)(H,23,27)(H,24,28)/t16-/m0/s1. The molecule has 3 N–H and O–H groups in total. The van der Waals surface area contributed by atoms with Crippen LogP contribution in [0.15, 0.2) is 30.5 Å². The second-order valence-corrected chi connectivity index (χ2v) is 7.37. The van der Waals surface area contributed by atoms with Gasteiger partial charge in [0.25, 0.3) is 5.91 Å². The van der Waals surface area contributed by atoms with E-state index in [1.165, 1.54) is 0 Å². The molecule has 0 bridgehead atoms. The van der Waals surface area contributed by atoms with Crippen LogP contribution in [0.5, 0.6) is 0 Å². The molecule has 1 atom stereocenters. The highest BCUT2D eigenvalue weighted by Gasteiger charge is 2.27. The molecule has 146 valence electrons. The molecule has 1 saturated carbocycles. The third-order valence-electron chi connectivity index (χ3n) is 5.18. The second-order valence-electron chi connectivity index (χ2n) is 7.37. The van der Waals surface area contributed by atoms with E-state index in [1.54, 1.807) is 30.5 Å². The fourth-order valence-electron chi connectivity index (χ4n) is 3.50. The van der Waals surface area contributed by atoms with Crippen molar-refractivity contribution in [2.24, 2.45) is 7.05 Å². The first-order valence-electron chi connectivity index (χ1n) is 9.55. The van der Waals surface area contributed by atoms with Gasteiger partial charge in [-0.15, -0.1) is 0 Å². The highest BCUT2D eigenvalue weighted by atomic mass is 16.2. The second kappa shape index (κ2) is 7.46. The maximum atomic E-state index is 12.4. The first kappa shape index (κ1) is 18.2. The zero-order valence-corrected chi connectivity index (χ0v) is 15.7. The van der Waals surface area contributed by atoms with Crippen LogP contribution in [0.2, 0.25) is 0 Å². The zero-order valence-electron chi connectivity index (χ0n) is 15.7. The Kier molecular flexibility index (Phi) is 4.85. The Bertz CT molecular complexity index is 932. The lowest BCUT2D eigenvalue weighted by Gasteiger charge is -2.23. The highest BCUT2D eigenvalue weighted by molar-refractivity contribution is 6.39. The molecule has 8 nitrogen and oxygen atoms in total. The molecule has 8 heteroatoms. The third-order valence-corrected chi connectivity index (χ3v) is 5.18. The summed E-state index contributed by atoms with van der Waals surface area (Å²) < 4.78 is 1.81. The summed E-state index contributed by atoms with van der Waals surface area (Å²) in [6, 6.07) is 6.62. The van der Waals surface area contributed by atoms with Crippen LogP contribution in [0.3, 0.4) is 0 Å². The lowest BCUT2D eigenvalue weighted by Crippen LogP contribution is -2.38. The fourth-order valence-corrected chi connectivity index (χ4v) is 3.50. The van der Waals surface area contributed by atoms with Crippen molar-refractivity contribution >= 4 is 23.4 Å². The van der Waals surface area contributed by atoms with Crippen molar-refractivity contribution in [3.05, 3.63) is 47.3 Å². The summed E-state index contributed by atoms with van der Waals surface area (Å²) in [5.74, 6) is -1.63. The van der Waals surface area contributed by atoms with Crippen LogP contribution in [-0.2, 0) is 23.1 Å². The maximum absolute atomic E-state index is 12.4. The predicted molar refractivity (Wildman–Crippen MR) is 103 cm³/mol. The zero-order chi connectivity index (χ0) is 19.7. The number of benzene rings is 1. The lowest BCUT2D eigenvalue weighted by molar-refractivity contribution is -0.136. The molecular weight excluding hydrogens is 358 g/mol. The maximum Gasteiger partial charge on any atom is 0.313 e. The number of nitrogens with one attached hydrogen (secondary N) is 3. The first-order valence-corrected chi connectivity index (χ1v) is 9.55. The van der Waals surface area contributed by atoms with Crippen LogP contribution in [0.4, 0.5) is 5.69 Å². The van der Waals surface area contributed by atoms with E-state index in [9.17, 15) is 14.4 Å². The number of aryl methyl sites for hydroxylation is 1. The minimum absolute atomic E-state index is 0.172. The molecule has 0 saturated heterocycles. The van der Waals surface area contributed by atoms with Gasteiger partial charge in [0.15, 0.2) is 0 Å². The molecule has 0 aliphatic heterocycles. The molecule has 2 aromatic rings. The quantitative estimate of drug-likeness (QED) is 0.697. The fraction of sp³-hybridized carbons (Fsp3) is 0.400. The van der Waals surface area contributed by atoms with E-state index in [4.69, 9.17) is 0 Å². The van der Waals surface area contributed by atoms with Gasteiger partial charge >= 0.3 is 11.8 Å². The Morgan fingerprint density at radius 2 is 1.93 bits per heavy atom. The van der Waals surface area contributed by atoms with E-state index in [1.807, 2.05) is 11.7 Å². The monoisotopic (exact) mass is 381 g/mol. The minimum Gasteiger partial charge on any atom is -0.349 e. The number of hydrogen-bond donors (Lipinski definition) is 3. The summed E-state index contributed by atoms with van der Waals surface area (Å²) in [5, 5.41) is 12.5. The summed E-state index contributed by atoms with van der Waals surface area (Å²) in [4.78, 5) is 36.8. The number of aromatic nitrogens is 2. The van der Waals surface area contributed by atoms with Crippen LogP contribution < -0.4 is 16.0 Å². The number of rotatable bonds is 4. The first-order chi connectivity index (χ1) is 13.5. The molecule has 2 aliphatic carbocycles. The number of carbonyl (C=O) groups is 3. The minimum atomic E-state index is -0.754. The number of carbonyl (C=O) groups excluding carboxylic acids is 3. The van der Waals surface area contributed by atoms with Gasteiger partial charge in [0.05, 0.1) is 12.2 Å². The number of nitrogens with zero attached hydrogens (tertiary/aromatic N) is 2. The molecule has 1 aromatic carbocycles. The summed E-state index contributed by atoms with van der Waals surface area (Å²) in [6.07, 6.45) is 6.37. The Hall–Kier alpha value is -3.16. The number of amides is 3. The molecule has 28 heavy (non-hydrogen) atoms. The van der Waals surface area contributed by atoms with Gasteiger partial charge in [0, 0.05) is 35.6 Å². The largest absolute Gasteiger partial charge is 0.349 e. The van der Waals surface area contributed by atoms with Crippen LogP contribution in [0.25, 0.3) is 0 Å². The molecule has 2 aliphatic rings. The van der Waals surface area contributed by atoms with Crippen LogP contribution in [-0.4, -0.2) is 33.5 Å². The molecular formula is C20H23N5O3. The van der Waals surface area contributed by atoms with Crippen molar-refractivity contribution in [1.29, 1.82) is 0 Å². The van der Waals surface area contributed by atoms with E-state index in [-0.39, 0.29) is 18.0 Å². The van der Waals surface area contributed by atoms with Gasteiger partial charge < -0.3 is 16.0 Å². The van der Waals surface area contributed by atoms with Crippen LogP contribution >= 0.6 is 0 Å². The average Bonchev–Trinajstić information content (AvgIpc) is 3.42. The molecule has 1 aromatic heterocycles. The Morgan fingerprint density at radius 1 is 1.11 bits per heavy atom. The van der Waals surface area contributed by atoms with Gasteiger partial charge in [-0.1, -0.05) is 6.07 Å². The van der Waals surface area contributed by atoms with Crippen molar-refractivity contribution < 1.29 is 14.4 Å². The van der Waals surface area contributed by atoms with Gasteiger partial charge in [-0.25, -0.2) is 0 Å². The van der Waals surface area contributed by atoms with E-state index in [0.29, 0.717) is 11.3 Å². The van der Waals surface area contributed by atoms with Crippen molar-refractivity contribution in [3.63, 3.8) is 0 Å². The average molecular weight is 381 g/mol. The Balaban J connectivity index is 1.38. The highest BCUT2D eigenvalue weighted by Crippen LogP contribution is 2.29. The van der Waals surface area contributed by atoms with E-state index in [0.717, 1.165) is 43.4 Å². The Labute approximate surface area is 162 Å². The smallest absolute Gasteiger partial charge is 0.313 e. The summed E-state index contributed by atoms with van der Waals surface area (Å²) >= 11 is 0. The van der Waals surface area contributed by atoms with Gasteiger partial charge in [-0.2, -0.15) is 5.10 Å². The van der Waals surface area contributed by atoms with Crippen molar-refractivity contribution in [1.82, 2.24) is 20.4 Å². The molecule has 1 heterocycles. The van der Waals surface area contributed by atoms with Crippen LogP contribution in [0.1, 0.15) is 53.3 Å². The third kappa shape index (κ3) is 3.90. The molecule has 0 radical (unpaired) electrons. The predicted octanol–water partition coefficient (Wildman–Crippen LogP) is 1.44.